The summed E-state index contributed by atoms with van der Waals surface area (Å²) in [6.07, 6.45) is 0.884. The van der Waals surface area contributed by atoms with Crippen LogP contribution in [0.3, 0.4) is 0 Å². The van der Waals surface area contributed by atoms with Crippen LogP contribution in [0.15, 0.2) is 23.3 Å². The van der Waals surface area contributed by atoms with Gasteiger partial charge in [0.15, 0.2) is 0 Å². The highest BCUT2D eigenvalue weighted by atomic mass is 16.5. The van der Waals surface area contributed by atoms with E-state index in [1.54, 1.807) is 19.1 Å². The number of rotatable bonds is 7. The Labute approximate surface area is 147 Å². The molecule has 0 saturated carbocycles. The van der Waals surface area contributed by atoms with Crippen molar-refractivity contribution < 1.29 is 19.1 Å². The van der Waals surface area contributed by atoms with Gasteiger partial charge in [0.2, 0.25) is 5.91 Å². The second kappa shape index (κ2) is 10.1. The first-order valence-corrected chi connectivity index (χ1v) is 7.93. The number of hydrogen-bond acceptors (Lipinski definition) is 5. The van der Waals surface area contributed by atoms with Crippen molar-refractivity contribution in [3.8, 4) is 5.75 Å². The molecular formula is C17H24N4O4. The van der Waals surface area contributed by atoms with Gasteiger partial charge in [0.05, 0.1) is 19.2 Å². The van der Waals surface area contributed by atoms with E-state index in [1.165, 1.54) is 7.11 Å². The molecule has 0 atom stereocenters. The molecule has 1 rings (SSSR count). The number of nitrogens with zero attached hydrogens (tertiary/aromatic N) is 1. The Hall–Kier alpha value is -2.90. The Balaban J connectivity index is 2.60. The third kappa shape index (κ3) is 7.03. The van der Waals surface area contributed by atoms with E-state index in [0.717, 1.165) is 12.0 Å². The monoisotopic (exact) mass is 348 g/mol. The van der Waals surface area contributed by atoms with Crippen molar-refractivity contribution in [2.75, 3.05) is 19.0 Å². The third-order valence-corrected chi connectivity index (χ3v) is 3.15. The van der Waals surface area contributed by atoms with Crippen molar-refractivity contribution in [3.05, 3.63) is 23.8 Å². The molecule has 0 bridgehead atoms. The molecule has 0 saturated heterocycles. The first-order chi connectivity index (χ1) is 11.9. The van der Waals surface area contributed by atoms with E-state index in [0.29, 0.717) is 23.7 Å². The van der Waals surface area contributed by atoms with Crippen molar-refractivity contribution in [3.63, 3.8) is 0 Å². The van der Waals surface area contributed by atoms with Gasteiger partial charge in [-0.2, -0.15) is 5.10 Å². The van der Waals surface area contributed by atoms with E-state index in [9.17, 15) is 14.4 Å². The maximum absolute atomic E-state index is 11.9. The zero-order valence-corrected chi connectivity index (χ0v) is 14.9. The number of hydrogen-bond donors (Lipinski definition) is 3. The number of methoxy groups -OCH3 is 1. The number of nitrogens with one attached hydrogen (secondary N) is 3. The Morgan fingerprint density at radius 3 is 2.56 bits per heavy atom. The molecule has 3 amide bonds. The molecule has 0 radical (unpaired) electrons. The van der Waals surface area contributed by atoms with Crippen molar-refractivity contribution in [1.29, 1.82) is 0 Å². The maximum Gasteiger partial charge on any atom is 0.329 e. The number of anilines is 1. The van der Waals surface area contributed by atoms with E-state index in [2.05, 4.69) is 21.2 Å². The lowest BCUT2D eigenvalue weighted by Gasteiger charge is -2.10. The quantitative estimate of drug-likeness (QED) is 0.392. The molecule has 0 aromatic heterocycles. The average Bonchev–Trinajstić information content (AvgIpc) is 2.58. The molecule has 25 heavy (non-hydrogen) atoms. The fourth-order valence-electron chi connectivity index (χ4n) is 1.89. The third-order valence-electron chi connectivity index (χ3n) is 3.15. The molecule has 0 aliphatic carbocycles. The van der Waals surface area contributed by atoms with Crippen molar-refractivity contribution in [1.82, 2.24) is 10.7 Å². The SMILES string of the molecule is CCCNC(=O)C/C(C)=N/NC(=O)C(=O)Nc1cc(C)ccc1OC. The molecule has 8 nitrogen and oxygen atoms in total. The largest absolute Gasteiger partial charge is 0.495 e. The van der Waals surface area contributed by atoms with Gasteiger partial charge < -0.3 is 15.4 Å². The van der Waals surface area contributed by atoms with Crippen LogP contribution in [0, 0.1) is 6.92 Å². The molecule has 0 aliphatic heterocycles. The van der Waals surface area contributed by atoms with Gasteiger partial charge in [0, 0.05) is 12.3 Å². The zero-order valence-electron chi connectivity index (χ0n) is 14.9. The highest BCUT2D eigenvalue weighted by Crippen LogP contribution is 2.24. The van der Waals surface area contributed by atoms with Crippen LogP contribution in [0.5, 0.6) is 5.75 Å². The number of hydrazone groups is 1. The predicted octanol–water partition coefficient (Wildman–Crippen LogP) is 1.35. The lowest BCUT2D eigenvalue weighted by Crippen LogP contribution is -2.33. The molecule has 8 heteroatoms. The summed E-state index contributed by atoms with van der Waals surface area (Å²) in [6.45, 7) is 5.97. The first-order valence-electron chi connectivity index (χ1n) is 7.93. The van der Waals surface area contributed by atoms with Gasteiger partial charge in [-0.15, -0.1) is 0 Å². The Kier molecular flexibility index (Phi) is 8.11. The molecule has 0 aliphatic rings. The minimum Gasteiger partial charge on any atom is -0.495 e. The van der Waals surface area contributed by atoms with Gasteiger partial charge in [-0.05, 0) is 38.0 Å². The second-order valence-electron chi connectivity index (χ2n) is 5.47. The number of carbonyl (C=O) groups excluding carboxylic acids is 3. The Morgan fingerprint density at radius 1 is 1.20 bits per heavy atom. The number of benzene rings is 1. The number of amides is 3. The highest BCUT2D eigenvalue weighted by Gasteiger charge is 2.16. The molecule has 0 unspecified atom stereocenters. The van der Waals surface area contributed by atoms with Crippen molar-refractivity contribution >= 4 is 29.1 Å². The van der Waals surface area contributed by atoms with Crippen LogP contribution in [-0.4, -0.2) is 37.1 Å². The summed E-state index contributed by atoms with van der Waals surface area (Å²) in [5, 5.41) is 8.93. The topological polar surface area (TPSA) is 109 Å². The van der Waals surface area contributed by atoms with E-state index >= 15 is 0 Å². The van der Waals surface area contributed by atoms with Crippen LogP contribution in [0.2, 0.25) is 0 Å². The summed E-state index contributed by atoms with van der Waals surface area (Å²) in [5.74, 6) is -1.56. The van der Waals surface area contributed by atoms with E-state index in [-0.39, 0.29) is 12.3 Å². The average molecular weight is 348 g/mol. The number of carbonyl (C=O) groups is 3. The smallest absolute Gasteiger partial charge is 0.329 e. The zero-order chi connectivity index (χ0) is 18.8. The molecule has 1 aromatic carbocycles. The van der Waals surface area contributed by atoms with Crippen LogP contribution in [0.1, 0.15) is 32.3 Å². The van der Waals surface area contributed by atoms with Crippen LogP contribution in [-0.2, 0) is 14.4 Å². The summed E-state index contributed by atoms with van der Waals surface area (Å²) in [7, 11) is 1.47. The predicted molar refractivity (Wildman–Crippen MR) is 95.5 cm³/mol. The van der Waals surface area contributed by atoms with Crippen LogP contribution in [0.25, 0.3) is 0 Å². The van der Waals surface area contributed by atoms with Gasteiger partial charge in [-0.1, -0.05) is 13.0 Å². The van der Waals surface area contributed by atoms with Gasteiger partial charge >= 0.3 is 11.8 Å². The summed E-state index contributed by atoms with van der Waals surface area (Å²) in [6, 6.07) is 5.21. The van der Waals surface area contributed by atoms with Crippen LogP contribution < -0.4 is 20.8 Å². The minimum absolute atomic E-state index is 0.0492. The second-order valence-corrected chi connectivity index (χ2v) is 5.47. The molecule has 0 spiro atoms. The maximum atomic E-state index is 11.9. The fourth-order valence-corrected chi connectivity index (χ4v) is 1.89. The molecule has 3 N–H and O–H groups in total. The Morgan fingerprint density at radius 2 is 1.92 bits per heavy atom. The molecular weight excluding hydrogens is 324 g/mol. The Bertz CT molecular complexity index is 671. The van der Waals surface area contributed by atoms with Crippen LogP contribution >= 0.6 is 0 Å². The van der Waals surface area contributed by atoms with E-state index in [4.69, 9.17) is 4.74 Å². The molecule has 1 aromatic rings. The normalized spacial score (nSPS) is 10.8. The summed E-state index contributed by atoms with van der Waals surface area (Å²) in [5.41, 5.74) is 3.82. The number of ether oxygens (including phenoxy) is 1. The fraction of sp³-hybridized carbons (Fsp3) is 0.412. The number of aryl methyl sites for hydroxylation is 1. The highest BCUT2D eigenvalue weighted by molar-refractivity contribution is 6.39. The summed E-state index contributed by atoms with van der Waals surface area (Å²) >= 11 is 0. The van der Waals surface area contributed by atoms with Gasteiger partial charge in [0.1, 0.15) is 5.75 Å². The van der Waals surface area contributed by atoms with E-state index < -0.39 is 11.8 Å². The van der Waals surface area contributed by atoms with Crippen molar-refractivity contribution in [2.24, 2.45) is 5.10 Å². The lowest BCUT2D eigenvalue weighted by molar-refractivity contribution is -0.136. The first kappa shape index (κ1) is 20.1. The van der Waals surface area contributed by atoms with Crippen molar-refractivity contribution in [2.45, 2.75) is 33.6 Å². The molecule has 136 valence electrons. The molecule has 0 fully saturated rings. The van der Waals surface area contributed by atoms with Gasteiger partial charge in [0.25, 0.3) is 0 Å². The molecule has 0 heterocycles. The van der Waals surface area contributed by atoms with Gasteiger partial charge in [-0.3, -0.25) is 14.4 Å². The van der Waals surface area contributed by atoms with Gasteiger partial charge in [-0.25, -0.2) is 5.43 Å². The summed E-state index contributed by atoms with van der Waals surface area (Å²) in [4.78, 5) is 35.3. The van der Waals surface area contributed by atoms with Crippen LogP contribution in [0.4, 0.5) is 5.69 Å². The standard InChI is InChI=1S/C17H24N4O4/c1-5-8-18-15(22)10-12(3)20-21-17(24)16(23)19-13-9-11(2)6-7-14(13)25-4/h6-7,9H,5,8,10H2,1-4H3,(H,18,22)(H,19,23)(H,21,24)/b20-12+. The lowest BCUT2D eigenvalue weighted by atomic mass is 10.2. The minimum atomic E-state index is -0.933. The summed E-state index contributed by atoms with van der Waals surface area (Å²) < 4.78 is 5.14. The van der Waals surface area contributed by atoms with E-state index in [1.807, 2.05) is 19.9 Å².